The van der Waals surface area contributed by atoms with Crippen LogP contribution >= 0.6 is 11.3 Å². The Morgan fingerprint density at radius 2 is 1.92 bits per heavy atom. The molecule has 0 atom stereocenters. The second kappa shape index (κ2) is 7.35. The second-order valence-electron chi connectivity index (χ2n) is 5.34. The summed E-state index contributed by atoms with van der Waals surface area (Å²) in [6.07, 6.45) is 2.26. The van der Waals surface area contributed by atoms with Crippen molar-refractivity contribution in [1.29, 1.82) is 0 Å². The zero-order valence-corrected chi connectivity index (χ0v) is 13.5. The van der Waals surface area contributed by atoms with E-state index in [-0.39, 0.29) is 18.7 Å². The van der Waals surface area contributed by atoms with Gasteiger partial charge in [0.25, 0.3) is 5.91 Å². The molecule has 2 aromatic rings. The van der Waals surface area contributed by atoms with Crippen LogP contribution in [0.3, 0.4) is 0 Å². The van der Waals surface area contributed by atoms with Gasteiger partial charge in [-0.25, -0.2) is 9.18 Å². The van der Waals surface area contributed by atoms with Crippen molar-refractivity contribution in [3.05, 3.63) is 40.7 Å². The predicted molar refractivity (Wildman–Crippen MR) is 87.6 cm³/mol. The Labute approximate surface area is 141 Å². The van der Waals surface area contributed by atoms with E-state index < -0.39 is 17.8 Å². The Hall–Kier alpha value is -2.55. The first-order valence-electron chi connectivity index (χ1n) is 7.54. The number of carbonyl (C=O) groups excluding carboxylic acids is 2. The van der Waals surface area contributed by atoms with E-state index >= 15 is 0 Å². The molecule has 0 spiro atoms. The van der Waals surface area contributed by atoms with Gasteiger partial charge in [-0.1, -0.05) is 23.5 Å². The summed E-state index contributed by atoms with van der Waals surface area (Å²) in [5.41, 5.74) is -0.0246. The monoisotopic (exact) mass is 349 g/mol. The summed E-state index contributed by atoms with van der Waals surface area (Å²) in [4.78, 5) is 23.5. The minimum atomic E-state index is -0.580. The van der Waals surface area contributed by atoms with Gasteiger partial charge >= 0.3 is 6.03 Å². The second-order valence-corrected chi connectivity index (χ2v) is 6.35. The lowest BCUT2D eigenvalue weighted by atomic mass is 10.2. The summed E-state index contributed by atoms with van der Waals surface area (Å²) in [7, 11) is 0. The van der Waals surface area contributed by atoms with Crippen LogP contribution < -0.4 is 16.0 Å². The highest BCUT2D eigenvalue weighted by molar-refractivity contribution is 7.15. The number of nitrogens with one attached hydrogen (secondary N) is 3. The van der Waals surface area contributed by atoms with Crippen molar-refractivity contribution >= 4 is 28.4 Å². The Kier molecular flexibility index (Phi) is 4.99. The number of amides is 3. The molecule has 1 aliphatic rings. The molecule has 1 fully saturated rings. The normalized spacial score (nSPS) is 13.4. The topological polar surface area (TPSA) is 96.0 Å². The van der Waals surface area contributed by atoms with Crippen LogP contribution in [0.4, 0.5) is 14.3 Å². The number of nitrogens with zero attached hydrogens (tertiary/aromatic N) is 2. The van der Waals surface area contributed by atoms with Gasteiger partial charge in [-0.05, 0) is 25.0 Å². The van der Waals surface area contributed by atoms with E-state index in [0.717, 1.165) is 17.8 Å². The van der Waals surface area contributed by atoms with Crippen molar-refractivity contribution in [3.8, 4) is 0 Å². The summed E-state index contributed by atoms with van der Waals surface area (Å²) in [5, 5.41) is 17.1. The molecule has 1 aromatic heterocycles. The van der Waals surface area contributed by atoms with Gasteiger partial charge in [0.2, 0.25) is 5.13 Å². The fourth-order valence-electron chi connectivity index (χ4n) is 2.01. The number of urea groups is 1. The molecule has 126 valence electrons. The number of carbonyl (C=O) groups is 2. The molecule has 3 N–H and O–H groups in total. The van der Waals surface area contributed by atoms with Gasteiger partial charge in [-0.15, -0.1) is 10.2 Å². The maximum Gasteiger partial charge on any atom is 0.321 e. The maximum atomic E-state index is 13.4. The minimum Gasteiger partial charge on any atom is -0.350 e. The minimum absolute atomic E-state index is 0.0246. The SMILES string of the molecule is O=C(NCCNC(=O)c1ccccc1F)Nc1nnc(C2CC2)s1. The maximum absolute atomic E-state index is 13.4. The molecule has 1 saturated carbocycles. The van der Waals surface area contributed by atoms with Gasteiger partial charge in [0.1, 0.15) is 10.8 Å². The summed E-state index contributed by atoms with van der Waals surface area (Å²) in [5.74, 6) is -0.605. The lowest BCUT2D eigenvalue weighted by Crippen LogP contribution is -2.37. The number of aromatic nitrogens is 2. The first-order chi connectivity index (χ1) is 11.6. The van der Waals surface area contributed by atoms with Crippen molar-refractivity contribution in [2.45, 2.75) is 18.8 Å². The fraction of sp³-hybridized carbons (Fsp3) is 0.333. The van der Waals surface area contributed by atoms with Crippen LogP contribution in [0.5, 0.6) is 0 Å². The van der Waals surface area contributed by atoms with E-state index in [1.165, 1.54) is 29.5 Å². The molecule has 1 heterocycles. The third-order valence-electron chi connectivity index (χ3n) is 3.40. The van der Waals surface area contributed by atoms with Gasteiger partial charge in [0, 0.05) is 19.0 Å². The van der Waals surface area contributed by atoms with Gasteiger partial charge in [-0.2, -0.15) is 0 Å². The zero-order chi connectivity index (χ0) is 16.9. The van der Waals surface area contributed by atoms with Crippen LogP contribution in [0.15, 0.2) is 24.3 Å². The summed E-state index contributed by atoms with van der Waals surface area (Å²) >= 11 is 1.37. The molecule has 3 amide bonds. The Morgan fingerprint density at radius 3 is 2.67 bits per heavy atom. The molecule has 1 aliphatic carbocycles. The molecule has 1 aromatic carbocycles. The van der Waals surface area contributed by atoms with E-state index in [1.807, 2.05) is 0 Å². The van der Waals surface area contributed by atoms with Crippen LogP contribution in [-0.2, 0) is 0 Å². The van der Waals surface area contributed by atoms with E-state index in [1.54, 1.807) is 6.07 Å². The third kappa shape index (κ3) is 4.25. The number of rotatable bonds is 6. The first kappa shape index (κ1) is 16.3. The summed E-state index contributed by atoms with van der Waals surface area (Å²) < 4.78 is 13.4. The first-order valence-corrected chi connectivity index (χ1v) is 8.36. The van der Waals surface area contributed by atoms with Gasteiger partial charge in [-0.3, -0.25) is 10.1 Å². The number of benzene rings is 1. The van der Waals surface area contributed by atoms with E-state index in [0.29, 0.717) is 11.0 Å². The van der Waals surface area contributed by atoms with Crippen LogP contribution in [0.25, 0.3) is 0 Å². The average molecular weight is 349 g/mol. The van der Waals surface area contributed by atoms with Gasteiger partial charge < -0.3 is 10.6 Å². The molecule has 0 saturated heterocycles. The van der Waals surface area contributed by atoms with Crippen LogP contribution in [0.2, 0.25) is 0 Å². The lowest BCUT2D eigenvalue weighted by molar-refractivity contribution is 0.0950. The smallest absolute Gasteiger partial charge is 0.321 e. The van der Waals surface area contributed by atoms with Crippen molar-refractivity contribution in [1.82, 2.24) is 20.8 Å². The Balaban J connectivity index is 1.37. The van der Waals surface area contributed by atoms with Crippen molar-refractivity contribution in [2.24, 2.45) is 0 Å². The molecule has 24 heavy (non-hydrogen) atoms. The van der Waals surface area contributed by atoms with Crippen molar-refractivity contribution < 1.29 is 14.0 Å². The number of halogens is 1. The van der Waals surface area contributed by atoms with E-state index in [2.05, 4.69) is 26.1 Å². The highest BCUT2D eigenvalue weighted by atomic mass is 32.1. The molecule has 0 bridgehead atoms. The van der Waals surface area contributed by atoms with Crippen LogP contribution in [-0.4, -0.2) is 35.2 Å². The van der Waals surface area contributed by atoms with E-state index in [9.17, 15) is 14.0 Å². The van der Waals surface area contributed by atoms with Crippen molar-refractivity contribution in [2.75, 3.05) is 18.4 Å². The van der Waals surface area contributed by atoms with Crippen LogP contribution in [0.1, 0.15) is 34.1 Å². The molecule has 3 rings (SSSR count). The number of hydrogen-bond acceptors (Lipinski definition) is 5. The molecule has 7 nitrogen and oxygen atoms in total. The van der Waals surface area contributed by atoms with Crippen molar-refractivity contribution in [3.63, 3.8) is 0 Å². The van der Waals surface area contributed by atoms with Crippen LogP contribution in [0, 0.1) is 5.82 Å². The molecule has 0 radical (unpaired) electrons. The van der Waals surface area contributed by atoms with Gasteiger partial charge in [0.05, 0.1) is 5.56 Å². The largest absolute Gasteiger partial charge is 0.350 e. The highest BCUT2D eigenvalue weighted by Gasteiger charge is 2.27. The summed E-state index contributed by atoms with van der Waals surface area (Å²) in [6, 6.07) is 5.30. The lowest BCUT2D eigenvalue weighted by Gasteiger charge is -2.07. The summed E-state index contributed by atoms with van der Waals surface area (Å²) in [6.45, 7) is 0.393. The zero-order valence-electron chi connectivity index (χ0n) is 12.7. The number of anilines is 1. The van der Waals surface area contributed by atoms with E-state index in [4.69, 9.17) is 0 Å². The molecular formula is C15H16FN5O2S. The molecule has 0 aliphatic heterocycles. The number of hydrogen-bond donors (Lipinski definition) is 3. The van der Waals surface area contributed by atoms with Gasteiger partial charge in [0.15, 0.2) is 0 Å². The average Bonchev–Trinajstić information content (AvgIpc) is 3.32. The Morgan fingerprint density at radius 1 is 1.17 bits per heavy atom. The Bertz CT molecular complexity index is 747. The molecule has 0 unspecified atom stereocenters. The third-order valence-corrected chi connectivity index (χ3v) is 4.40. The standard InChI is InChI=1S/C15H16FN5O2S/c16-11-4-2-1-3-10(11)12(22)17-7-8-18-14(23)19-15-21-20-13(24-15)9-5-6-9/h1-4,9H,5-8H2,(H,17,22)(H2,18,19,21,23). The predicted octanol–water partition coefficient (Wildman–Crippen LogP) is 2.11. The quantitative estimate of drug-likeness (QED) is 0.696. The molecular weight excluding hydrogens is 333 g/mol. The fourth-order valence-corrected chi connectivity index (χ4v) is 2.92. The molecule has 9 heteroatoms. The highest BCUT2D eigenvalue weighted by Crippen LogP contribution is 2.41.